The molecule has 1 saturated carbocycles. The van der Waals surface area contributed by atoms with Crippen LogP contribution in [0.3, 0.4) is 0 Å². The summed E-state index contributed by atoms with van der Waals surface area (Å²) in [4.78, 5) is 2.53. The van der Waals surface area contributed by atoms with Gasteiger partial charge < -0.3 is 10.0 Å². The number of aromatic hydroxyl groups is 1. The maximum Gasteiger partial charge on any atom is 0.115 e. The minimum atomic E-state index is 0.300. The summed E-state index contributed by atoms with van der Waals surface area (Å²) in [7, 11) is 2.26. The van der Waals surface area contributed by atoms with Gasteiger partial charge >= 0.3 is 0 Å². The highest BCUT2D eigenvalue weighted by atomic mass is 16.3. The van der Waals surface area contributed by atoms with Gasteiger partial charge in [0.15, 0.2) is 0 Å². The summed E-state index contributed by atoms with van der Waals surface area (Å²) >= 11 is 0. The Morgan fingerprint density at radius 3 is 2.94 bits per heavy atom. The molecule has 1 aliphatic carbocycles. The van der Waals surface area contributed by atoms with Gasteiger partial charge in [0.25, 0.3) is 0 Å². The quantitative estimate of drug-likeness (QED) is 0.821. The van der Waals surface area contributed by atoms with E-state index in [1.54, 1.807) is 6.07 Å². The van der Waals surface area contributed by atoms with Gasteiger partial charge in [-0.3, -0.25) is 0 Å². The van der Waals surface area contributed by atoms with Crippen molar-refractivity contribution in [1.29, 1.82) is 0 Å². The van der Waals surface area contributed by atoms with Crippen LogP contribution in [-0.4, -0.2) is 29.6 Å². The van der Waals surface area contributed by atoms with Crippen molar-refractivity contribution in [1.82, 2.24) is 4.90 Å². The van der Waals surface area contributed by atoms with E-state index in [9.17, 15) is 5.11 Å². The van der Waals surface area contributed by atoms with E-state index in [0.29, 0.717) is 17.1 Å². The molecular weight excluding hydrogens is 222 g/mol. The predicted molar refractivity (Wildman–Crippen MR) is 73.8 cm³/mol. The Bertz CT molecular complexity index is 444. The van der Waals surface area contributed by atoms with Crippen LogP contribution in [-0.2, 0) is 5.41 Å². The molecule has 1 aliphatic heterocycles. The molecule has 1 aromatic rings. The normalized spacial score (nSPS) is 36.6. The van der Waals surface area contributed by atoms with Crippen LogP contribution < -0.4 is 0 Å². The summed E-state index contributed by atoms with van der Waals surface area (Å²) in [6.07, 6.45) is 5.15. The van der Waals surface area contributed by atoms with Crippen LogP contribution >= 0.6 is 0 Å². The molecule has 2 aliphatic rings. The van der Waals surface area contributed by atoms with E-state index in [-0.39, 0.29) is 0 Å². The molecule has 3 atom stereocenters. The zero-order chi connectivity index (χ0) is 12.8. The van der Waals surface area contributed by atoms with Crippen molar-refractivity contribution in [2.75, 3.05) is 13.6 Å². The average molecular weight is 245 g/mol. The number of nitrogens with zero attached hydrogens (tertiary/aromatic N) is 1. The van der Waals surface area contributed by atoms with Crippen molar-refractivity contribution in [3.63, 3.8) is 0 Å². The Hall–Kier alpha value is -1.02. The summed E-state index contributed by atoms with van der Waals surface area (Å²) in [5, 5.41) is 9.77. The fourth-order valence-electron chi connectivity index (χ4n) is 4.34. The highest BCUT2D eigenvalue weighted by molar-refractivity contribution is 5.35. The van der Waals surface area contributed by atoms with Crippen LogP contribution in [0.1, 0.15) is 38.2 Å². The monoisotopic (exact) mass is 245 g/mol. The van der Waals surface area contributed by atoms with Crippen LogP contribution in [0, 0.1) is 5.92 Å². The van der Waals surface area contributed by atoms with Crippen LogP contribution in [0.2, 0.25) is 0 Å². The molecule has 98 valence electrons. The van der Waals surface area contributed by atoms with Crippen molar-refractivity contribution in [3.05, 3.63) is 29.8 Å². The maximum atomic E-state index is 9.77. The SMILES string of the molecule is C[C@H]1[C@H]2CCC[C@@]1(c1cccc(O)c1)CCN2C. The number of piperidine rings is 1. The first kappa shape index (κ1) is 12.0. The minimum Gasteiger partial charge on any atom is -0.508 e. The van der Waals surface area contributed by atoms with E-state index in [1.165, 1.54) is 37.8 Å². The third kappa shape index (κ3) is 1.66. The second-order valence-electron chi connectivity index (χ2n) is 6.19. The average Bonchev–Trinajstić information content (AvgIpc) is 2.35. The van der Waals surface area contributed by atoms with Gasteiger partial charge in [0.05, 0.1) is 0 Å². The molecule has 2 bridgehead atoms. The van der Waals surface area contributed by atoms with E-state index in [1.807, 2.05) is 12.1 Å². The number of fused-ring (bicyclic) bond motifs is 2. The molecule has 3 rings (SSSR count). The molecule has 2 fully saturated rings. The van der Waals surface area contributed by atoms with Crippen LogP contribution in [0.5, 0.6) is 5.75 Å². The second kappa shape index (κ2) is 4.27. The van der Waals surface area contributed by atoms with Gasteiger partial charge in [-0.15, -0.1) is 0 Å². The molecule has 0 radical (unpaired) electrons. The molecule has 1 saturated heterocycles. The van der Waals surface area contributed by atoms with Gasteiger partial charge in [-0.05, 0) is 56.5 Å². The standard InChI is InChI=1S/C16H23NO/c1-12-15-7-4-8-16(12,9-10-17(15)2)13-5-3-6-14(18)11-13/h3,5-6,11-12,15,18H,4,7-10H2,1-2H3/t12-,15+,16+/m0/s1. The molecule has 18 heavy (non-hydrogen) atoms. The van der Waals surface area contributed by atoms with Gasteiger partial charge in [-0.1, -0.05) is 25.5 Å². The Labute approximate surface area is 110 Å². The first-order chi connectivity index (χ1) is 8.63. The number of likely N-dealkylation sites (tertiary alicyclic amines) is 1. The van der Waals surface area contributed by atoms with Crippen molar-refractivity contribution in [2.24, 2.45) is 5.92 Å². The fraction of sp³-hybridized carbons (Fsp3) is 0.625. The Morgan fingerprint density at radius 1 is 1.33 bits per heavy atom. The Kier molecular flexibility index (Phi) is 2.86. The second-order valence-corrected chi connectivity index (χ2v) is 6.19. The Balaban J connectivity index is 2.02. The van der Waals surface area contributed by atoms with Gasteiger partial charge in [-0.25, -0.2) is 0 Å². The zero-order valence-electron chi connectivity index (χ0n) is 11.4. The lowest BCUT2D eigenvalue weighted by molar-refractivity contribution is 0.0126. The number of phenols is 1. The molecule has 1 N–H and O–H groups in total. The summed E-state index contributed by atoms with van der Waals surface area (Å²) in [5.41, 5.74) is 1.65. The number of hydrogen-bond donors (Lipinski definition) is 1. The van der Waals surface area contributed by atoms with Crippen molar-refractivity contribution in [2.45, 2.75) is 44.1 Å². The topological polar surface area (TPSA) is 23.5 Å². The molecule has 0 aromatic heterocycles. The fourth-order valence-corrected chi connectivity index (χ4v) is 4.34. The van der Waals surface area contributed by atoms with Crippen LogP contribution in [0.4, 0.5) is 0 Å². The highest BCUT2D eigenvalue weighted by Gasteiger charge is 2.48. The third-order valence-corrected chi connectivity index (χ3v) is 5.47. The lowest BCUT2D eigenvalue weighted by Crippen LogP contribution is -2.56. The number of hydrogen-bond acceptors (Lipinski definition) is 2. The van der Waals surface area contributed by atoms with Gasteiger partial charge in [-0.2, -0.15) is 0 Å². The third-order valence-electron chi connectivity index (χ3n) is 5.47. The number of benzene rings is 1. The summed E-state index contributed by atoms with van der Waals surface area (Å²) in [5.74, 6) is 1.10. The van der Waals surface area contributed by atoms with E-state index >= 15 is 0 Å². The van der Waals surface area contributed by atoms with Crippen LogP contribution in [0.25, 0.3) is 0 Å². The van der Waals surface area contributed by atoms with Gasteiger partial charge in [0.2, 0.25) is 0 Å². The van der Waals surface area contributed by atoms with Crippen molar-refractivity contribution < 1.29 is 5.11 Å². The van der Waals surface area contributed by atoms with E-state index in [2.05, 4.69) is 24.9 Å². The summed E-state index contributed by atoms with van der Waals surface area (Å²) < 4.78 is 0. The molecule has 0 spiro atoms. The van der Waals surface area contributed by atoms with Gasteiger partial charge in [0.1, 0.15) is 5.75 Å². The van der Waals surface area contributed by atoms with E-state index < -0.39 is 0 Å². The van der Waals surface area contributed by atoms with E-state index in [0.717, 1.165) is 6.04 Å². The molecule has 2 heteroatoms. The summed E-state index contributed by atoms with van der Waals surface area (Å²) in [6.45, 7) is 3.59. The largest absolute Gasteiger partial charge is 0.508 e. The molecule has 1 aromatic carbocycles. The first-order valence-electron chi connectivity index (χ1n) is 7.13. The zero-order valence-corrected chi connectivity index (χ0v) is 11.4. The summed E-state index contributed by atoms with van der Waals surface area (Å²) in [6, 6.07) is 8.69. The molecule has 1 heterocycles. The van der Waals surface area contributed by atoms with Crippen LogP contribution in [0.15, 0.2) is 24.3 Å². The molecule has 0 amide bonds. The van der Waals surface area contributed by atoms with Gasteiger partial charge in [0, 0.05) is 11.5 Å². The maximum absolute atomic E-state index is 9.77. The number of phenolic OH excluding ortho intramolecular Hbond substituents is 1. The lowest BCUT2D eigenvalue weighted by Gasteiger charge is -2.55. The van der Waals surface area contributed by atoms with Crippen molar-refractivity contribution >= 4 is 0 Å². The molecule has 0 unspecified atom stereocenters. The van der Waals surface area contributed by atoms with Crippen molar-refractivity contribution in [3.8, 4) is 5.75 Å². The molecule has 2 nitrogen and oxygen atoms in total. The highest BCUT2D eigenvalue weighted by Crippen LogP contribution is 2.50. The minimum absolute atomic E-state index is 0.300. The number of rotatable bonds is 1. The Morgan fingerprint density at radius 2 is 2.17 bits per heavy atom. The smallest absolute Gasteiger partial charge is 0.115 e. The lowest BCUT2D eigenvalue weighted by atomic mass is 9.57. The van der Waals surface area contributed by atoms with E-state index in [4.69, 9.17) is 0 Å². The predicted octanol–water partition coefficient (Wildman–Crippen LogP) is 3.15. The molecular formula is C16H23NO. The first-order valence-corrected chi connectivity index (χ1v) is 7.13.